The maximum Gasteiger partial charge on any atom is 0.573 e. The van der Waals surface area contributed by atoms with E-state index in [-0.39, 0.29) is 30.4 Å². The molecule has 1 fully saturated rings. The van der Waals surface area contributed by atoms with Gasteiger partial charge in [-0.15, -0.1) is 13.2 Å². The van der Waals surface area contributed by atoms with E-state index < -0.39 is 17.5 Å². The van der Waals surface area contributed by atoms with Crippen molar-refractivity contribution in [2.75, 3.05) is 19.7 Å². The first kappa shape index (κ1) is 22.9. The van der Waals surface area contributed by atoms with Crippen LogP contribution >= 0.6 is 0 Å². The molecule has 3 rings (SSSR count). The number of alkyl halides is 3. The Balaban J connectivity index is 1.65. The van der Waals surface area contributed by atoms with Crippen LogP contribution in [0.5, 0.6) is 11.6 Å². The molecule has 1 aromatic carbocycles. The smallest absolute Gasteiger partial charge is 0.474 e. The summed E-state index contributed by atoms with van der Waals surface area (Å²) in [5.41, 5.74) is 0.135. The standard InChI is InChI=1S/C22H26F3N3O3/c1-21(2,14-30-19-18(9-6-11-27-19)31-22(23,24)25)20(29)28-17-10-12-26-13-16(17)15-7-4-3-5-8-15/h3-9,11,16-17,26H,10,12-14H2,1-2H3,(H,28,29). The molecular weight excluding hydrogens is 411 g/mol. The summed E-state index contributed by atoms with van der Waals surface area (Å²) in [6.07, 6.45) is -2.80. The number of benzene rings is 1. The lowest BCUT2D eigenvalue weighted by molar-refractivity contribution is -0.275. The van der Waals surface area contributed by atoms with Gasteiger partial charge in [-0.1, -0.05) is 30.3 Å². The lowest BCUT2D eigenvalue weighted by Gasteiger charge is -2.35. The van der Waals surface area contributed by atoms with Gasteiger partial charge in [0, 0.05) is 24.7 Å². The summed E-state index contributed by atoms with van der Waals surface area (Å²) in [5, 5.41) is 6.46. The van der Waals surface area contributed by atoms with Crippen LogP contribution in [-0.4, -0.2) is 43.0 Å². The van der Waals surface area contributed by atoms with E-state index in [1.165, 1.54) is 12.3 Å². The third-order valence-corrected chi connectivity index (χ3v) is 5.17. The maximum atomic E-state index is 13.0. The highest BCUT2D eigenvalue weighted by molar-refractivity contribution is 5.82. The zero-order valence-electron chi connectivity index (χ0n) is 17.4. The molecule has 0 saturated carbocycles. The number of hydrogen-bond acceptors (Lipinski definition) is 5. The van der Waals surface area contributed by atoms with Crippen molar-refractivity contribution >= 4 is 5.91 Å². The molecule has 168 valence electrons. The van der Waals surface area contributed by atoms with Crippen molar-refractivity contribution in [1.29, 1.82) is 0 Å². The zero-order chi connectivity index (χ0) is 22.5. The van der Waals surface area contributed by atoms with Crippen molar-refractivity contribution in [1.82, 2.24) is 15.6 Å². The first-order valence-electron chi connectivity index (χ1n) is 10.1. The summed E-state index contributed by atoms with van der Waals surface area (Å²) >= 11 is 0. The fourth-order valence-corrected chi connectivity index (χ4v) is 3.45. The molecule has 0 radical (unpaired) electrons. The molecule has 2 unspecified atom stereocenters. The van der Waals surface area contributed by atoms with Crippen molar-refractivity contribution in [3.63, 3.8) is 0 Å². The van der Waals surface area contributed by atoms with Crippen molar-refractivity contribution in [3.05, 3.63) is 54.2 Å². The van der Waals surface area contributed by atoms with Gasteiger partial charge in [-0.25, -0.2) is 4.98 Å². The van der Waals surface area contributed by atoms with E-state index in [0.717, 1.165) is 31.1 Å². The van der Waals surface area contributed by atoms with Gasteiger partial charge in [0.05, 0.1) is 5.41 Å². The van der Waals surface area contributed by atoms with Crippen molar-refractivity contribution in [2.24, 2.45) is 5.41 Å². The summed E-state index contributed by atoms with van der Waals surface area (Å²) in [7, 11) is 0. The Labute approximate surface area is 179 Å². The molecule has 1 amide bonds. The van der Waals surface area contributed by atoms with Gasteiger partial charge in [0.25, 0.3) is 5.88 Å². The maximum absolute atomic E-state index is 13.0. The number of aromatic nitrogens is 1. The molecular formula is C22H26F3N3O3. The van der Waals surface area contributed by atoms with Crippen LogP contribution in [0, 0.1) is 5.41 Å². The number of carbonyl (C=O) groups excluding carboxylic acids is 1. The number of amides is 1. The van der Waals surface area contributed by atoms with Crippen LogP contribution in [-0.2, 0) is 4.79 Å². The summed E-state index contributed by atoms with van der Waals surface area (Å²) in [5.74, 6) is -0.980. The third-order valence-electron chi connectivity index (χ3n) is 5.17. The molecule has 2 heterocycles. The second-order valence-corrected chi connectivity index (χ2v) is 8.12. The van der Waals surface area contributed by atoms with Crippen LogP contribution in [0.3, 0.4) is 0 Å². The molecule has 0 spiro atoms. The fourth-order valence-electron chi connectivity index (χ4n) is 3.45. The molecule has 0 bridgehead atoms. The van der Waals surface area contributed by atoms with Crippen LogP contribution in [0.2, 0.25) is 0 Å². The molecule has 2 N–H and O–H groups in total. The van der Waals surface area contributed by atoms with Gasteiger partial charge in [0.15, 0.2) is 5.75 Å². The number of rotatable bonds is 7. The van der Waals surface area contributed by atoms with Crippen LogP contribution in [0.1, 0.15) is 31.7 Å². The molecule has 2 atom stereocenters. The van der Waals surface area contributed by atoms with Gasteiger partial charge in [0.1, 0.15) is 6.61 Å². The van der Waals surface area contributed by atoms with E-state index in [9.17, 15) is 18.0 Å². The Morgan fingerprint density at radius 2 is 1.94 bits per heavy atom. The average molecular weight is 437 g/mol. The Hall–Kier alpha value is -2.81. The van der Waals surface area contributed by atoms with E-state index in [4.69, 9.17) is 4.74 Å². The molecule has 1 aromatic heterocycles. The topological polar surface area (TPSA) is 72.5 Å². The lowest BCUT2D eigenvalue weighted by atomic mass is 9.85. The van der Waals surface area contributed by atoms with Gasteiger partial charge >= 0.3 is 6.36 Å². The van der Waals surface area contributed by atoms with E-state index in [2.05, 4.69) is 20.4 Å². The zero-order valence-corrected chi connectivity index (χ0v) is 17.4. The van der Waals surface area contributed by atoms with Crippen LogP contribution in [0.15, 0.2) is 48.7 Å². The quantitative estimate of drug-likeness (QED) is 0.692. The minimum Gasteiger partial charge on any atom is -0.474 e. The molecule has 1 aliphatic heterocycles. The molecule has 2 aromatic rings. The summed E-state index contributed by atoms with van der Waals surface area (Å²) in [6.45, 7) is 4.72. The Bertz CT molecular complexity index is 875. The predicted molar refractivity (Wildman–Crippen MR) is 109 cm³/mol. The molecule has 9 heteroatoms. The number of halogens is 3. The van der Waals surface area contributed by atoms with Gasteiger partial charge in [-0.2, -0.15) is 0 Å². The molecule has 1 saturated heterocycles. The number of piperidine rings is 1. The molecule has 6 nitrogen and oxygen atoms in total. The number of nitrogens with one attached hydrogen (secondary N) is 2. The Kier molecular flexibility index (Phi) is 7.04. The SMILES string of the molecule is CC(C)(COc1ncccc1OC(F)(F)F)C(=O)NC1CCNCC1c1ccccc1. The van der Waals surface area contributed by atoms with Gasteiger partial charge in [0.2, 0.25) is 5.91 Å². The second kappa shape index (κ2) is 9.55. The number of ether oxygens (including phenoxy) is 2. The van der Waals surface area contributed by atoms with Crippen molar-refractivity contribution in [3.8, 4) is 11.6 Å². The first-order valence-corrected chi connectivity index (χ1v) is 10.1. The van der Waals surface area contributed by atoms with Gasteiger partial charge in [-0.3, -0.25) is 4.79 Å². The molecule has 31 heavy (non-hydrogen) atoms. The lowest BCUT2D eigenvalue weighted by Crippen LogP contribution is -2.52. The van der Waals surface area contributed by atoms with Crippen LogP contribution in [0.4, 0.5) is 13.2 Å². The Morgan fingerprint density at radius 1 is 1.19 bits per heavy atom. The monoisotopic (exact) mass is 437 g/mol. The summed E-state index contributed by atoms with van der Waals surface area (Å²) < 4.78 is 47.2. The number of nitrogens with zero attached hydrogens (tertiary/aromatic N) is 1. The van der Waals surface area contributed by atoms with E-state index in [1.54, 1.807) is 13.8 Å². The molecule has 1 aliphatic rings. The molecule has 0 aliphatic carbocycles. The average Bonchev–Trinajstić information content (AvgIpc) is 2.73. The number of hydrogen-bond donors (Lipinski definition) is 2. The largest absolute Gasteiger partial charge is 0.573 e. The summed E-state index contributed by atoms with van der Waals surface area (Å²) in [4.78, 5) is 16.8. The minimum absolute atomic E-state index is 0.0607. The van der Waals surface area contributed by atoms with Crippen LogP contribution < -0.4 is 20.1 Å². The number of pyridine rings is 1. The highest BCUT2D eigenvalue weighted by Gasteiger charge is 2.36. The fraction of sp³-hybridized carbons (Fsp3) is 0.455. The van der Waals surface area contributed by atoms with E-state index >= 15 is 0 Å². The first-order chi connectivity index (χ1) is 14.7. The van der Waals surface area contributed by atoms with Crippen LogP contribution in [0.25, 0.3) is 0 Å². The minimum atomic E-state index is -4.87. The number of carbonyl (C=O) groups is 1. The third kappa shape index (κ3) is 6.33. The van der Waals surface area contributed by atoms with Crippen molar-refractivity contribution in [2.45, 2.75) is 38.6 Å². The van der Waals surface area contributed by atoms with E-state index in [1.807, 2.05) is 30.3 Å². The van der Waals surface area contributed by atoms with E-state index in [0.29, 0.717) is 0 Å². The highest BCUT2D eigenvalue weighted by atomic mass is 19.4. The summed E-state index contributed by atoms with van der Waals surface area (Å²) in [6, 6.07) is 12.3. The predicted octanol–water partition coefficient (Wildman–Crippen LogP) is 3.65. The second-order valence-electron chi connectivity index (χ2n) is 8.12. The van der Waals surface area contributed by atoms with Crippen molar-refractivity contribution < 1.29 is 27.4 Å². The van der Waals surface area contributed by atoms with Gasteiger partial charge in [-0.05, 0) is 44.5 Å². The van der Waals surface area contributed by atoms with Gasteiger partial charge < -0.3 is 20.1 Å². The normalized spacial score (nSPS) is 19.5. The highest BCUT2D eigenvalue weighted by Crippen LogP contribution is 2.31. The Morgan fingerprint density at radius 3 is 2.65 bits per heavy atom.